The van der Waals surface area contributed by atoms with Crippen LogP contribution in [-0.2, 0) is 14.3 Å². The number of ether oxygens (including phenoxy) is 1. The van der Waals surface area contributed by atoms with Gasteiger partial charge in [-0.1, -0.05) is 13.8 Å². The summed E-state index contributed by atoms with van der Waals surface area (Å²) in [6.45, 7) is 4.40. The summed E-state index contributed by atoms with van der Waals surface area (Å²) in [5, 5.41) is 0. The van der Waals surface area contributed by atoms with E-state index in [0.29, 0.717) is 12.5 Å². The maximum absolute atomic E-state index is 11.4. The molecule has 0 spiro atoms. The first-order valence-electron chi connectivity index (χ1n) is 4.52. The molecule has 0 unspecified atom stereocenters. The fraction of sp³-hybridized carbons (Fsp3) is 0.778. The zero-order chi connectivity index (χ0) is 11.1. The van der Waals surface area contributed by atoms with Crippen molar-refractivity contribution in [2.24, 2.45) is 11.7 Å². The third kappa shape index (κ3) is 5.53. The van der Waals surface area contributed by atoms with Gasteiger partial charge in [-0.2, -0.15) is 0 Å². The van der Waals surface area contributed by atoms with Crippen molar-refractivity contribution < 1.29 is 14.3 Å². The van der Waals surface area contributed by atoms with Crippen molar-refractivity contribution in [1.82, 2.24) is 4.90 Å². The lowest BCUT2D eigenvalue weighted by molar-refractivity contribution is -0.138. The van der Waals surface area contributed by atoms with E-state index in [1.807, 2.05) is 13.8 Å². The summed E-state index contributed by atoms with van der Waals surface area (Å²) in [6, 6.07) is 0. The van der Waals surface area contributed by atoms with Gasteiger partial charge in [0.2, 0.25) is 11.8 Å². The van der Waals surface area contributed by atoms with Crippen molar-refractivity contribution in [2.75, 3.05) is 26.8 Å². The predicted octanol–water partition coefficient (Wildman–Crippen LogP) is -0.397. The van der Waals surface area contributed by atoms with Crippen molar-refractivity contribution in [3.8, 4) is 0 Å². The average Bonchev–Trinajstić information content (AvgIpc) is 2.01. The Hall–Kier alpha value is -1.10. The molecule has 0 saturated heterocycles. The SMILES string of the molecule is COCC(=O)N(CC(N)=O)CC(C)C. The van der Waals surface area contributed by atoms with Gasteiger partial charge in [0, 0.05) is 13.7 Å². The van der Waals surface area contributed by atoms with Crippen LogP contribution in [0.25, 0.3) is 0 Å². The maximum Gasteiger partial charge on any atom is 0.249 e. The van der Waals surface area contributed by atoms with Crippen molar-refractivity contribution in [1.29, 1.82) is 0 Å². The highest BCUT2D eigenvalue weighted by molar-refractivity contribution is 5.84. The molecule has 0 radical (unpaired) electrons. The molecule has 5 nitrogen and oxygen atoms in total. The topological polar surface area (TPSA) is 72.6 Å². The monoisotopic (exact) mass is 202 g/mol. The van der Waals surface area contributed by atoms with Crippen LogP contribution in [0.2, 0.25) is 0 Å². The molecule has 0 aliphatic rings. The molecule has 0 saturated carbocycles. The van der Waals surface area contributed by atoms with Gasteiger partial charge >= 0.3 is 0 Å². The second-order valence-electron chi connectivity index (χ2n) is 3.57. The van der Waals surface area contributed by atoms with Gasteiger partial charge in [-0.3, -0.25) is 9.59 Å². The van der Waals surface area contributed by atoms with Crippen LogP contribution < -0.4 is 5.73 Å². The van der Waals surface area contributed by atoms with E-state index in [9.17, 15) is 9.59 Å². The van der Waals surface area contributed by atoms with Crippen molar-refractivity contribution in [3.63, 3.8) is 0 Å². The normalized spacial score (nSPS) is 10.3. The number of nitrogens with zero attached hydrogens (tertiary/aromatic N) is 1. The summed E-state index contributed by atoms with van der Waals surface area (Å²) in [5.74, 6) is -0.412. The largest absolute Gasteiger partial charge is 0.375 e. The molecule has 5 heteroatoms. The van der Waals surface area contributed by atoms with Crippen LogP contribution in [0.15, 0.2) is 0 Å². The summed E-state index contributed by atoms with van der Waals surface area (Å²) < 4.78 is 4.70. The lowest BCUT2D eigenvalue weighted by Crippen LogP contribution is -2.42. The lowest BCUT2D eigenvalue weighted by atomic mass is 10.2. The highest BCUT2D eigenvalue weighted by Gasteiger charge is 2.16. The molecule has 0 atom stereocenters. The Bertz CT molecular complexity index is 204. The van der Waals surface area contributed by atoms with E-state index in [4.69, 9.17) is 10.5 Å². The van der Waals surface area contributed by atoms with E-state index in [-0.39, 0.29) is 19.1 Å². The molecular formula is C9H18N2O3. The third-order valence-electron chi connectivity index (χ3n) is 1.55. The Morgan fingerprint density at radius 1 is 1.43 bits per heavy atom. The summed E-state index contributed by atoms with van der Waals surface area (Å²) >= 11 is 0. The van der Waals surface area contributed by atoms with Crippen LogP contribution in [-0.4, -0.2) is 43.5 Å². The zero-order valence-electron chi connectivity index (χ0n) is 8.95. The molecule has 2 N–H and O–H groups in total. The number of amides is 2. The summed E-state index contributed by atoms with van der Waals surface area (Å²) in [4.78, 5) is 23.5. The highest BCUT2D eigenvalue weighted by Crippen LogP contribution is 1.99. The van der Waals surface area contributed by atoms with Gasteiger partial charge in [-0.25, -0.2) is 0 Å². The predicted molar refractivity (Wildman–Crippen MR) is 52.5 cm³/mol. The van der Waals surface area contributed by atoms with E-state index in [2.05, 4.69) is 0 Å². The molecule has 0 aromatic rings. The van der Waals surface area contributed by atoms with Gasteiger partial charge in [0.25, 0.3) is 0 Å². The minimum Gasteiger partial charge on any atom is -0.375 e. The molecule has 0 aromatic heterocycles. The molecule has 0 fully saturated rings. The van der Waals surface area contributed by atoms with Crippen molar-refractivity contribution in [2.45, 2.75) is 13.8 Å². The van der Waals surface area contributed by atoms with E-state index >= 15 is 0 Å². The maximum atomic E-state index is 11.4. The van der Waals surface area contributed by atoms with Crippen LogP contribution >= 0.6 is 0 Å². The van der Waals surface area contributed by atoms with Gasteiger partial charge in [-0.05, 0) is 5.92 Å². The van der Waals surface area contributed by atoms with E-state index in [1.165, 1.54) is 12.0 Å². The van der Waals surface area contributed by atoms with E-state index < -0.39 is 5.91 Å². The average molecular weight is 202 g/mol. The van der Waals surface area contributed by atoms with E-state index in [1.54, 1.807) is 0 Å². The standard InChI is InChI=1S/C9H18N2O3/c1-7(2)4-11(5-8(10)12)9(13)6-14-3/h7H,4-6H2,1-3H3,(H2,10,12). The minimum atomic E-state index is -0.505. The summed E-state index contributed by atoms with van der Waals surface area (Å²) in [6.07, 6.45) is 0. The van der Waals surface area contributed by atoms with E-state index in [0.717, 1.165) is 0 Å². The van der Waals surface area contributed by atoms with Crippen molar-refractivity contribution >= 4 is 11.8 Å². The van der Waals surface area contributed by atoms with Crippen LogP contribution in [0, 0.1) is 5.92 Å². The molecule has 2 amide bonds. The molecule has 0 aromatic carbocycles. The first-order chi connectivity index (χ1) is 6.47. The molecule has 0 rings (SSSR count). The number of hydrogen-bond acceptors (Lipinski definition) is 3. The molecule has 0 bridgehead atoms. The minimum absolute atomic E-state index is 0.0139. The number of rotatable bonds is 6. The highest BCUT2D eigenvalue weighted by atomic mass is 16.5. The molecule has 14 heavy (non-hydrogen) atoms. The van der Waals surface area contributed by atoms with Crippen LogP contribution in [0.5, 0.6) is 0 Å². The van der Waals surface area contributed by atoms with Gasteiger partial charge in [0.05, 0.1) is 6.54 Å². The number of nitrogens with two attached hydrogens (primary N) is 1. The van der Waals surface area contributed by atoms with Gasteiger partial charge in [0.1, 0.15) is 6.61 Å². The Balaban J connectivity index is 4.22. The zero-order valence-corrected chi connectivity index (χ0v) is 8.95. The Labute approximate surface area is 84.2 Å². The molecular weight excluding hydrogens is 184 g/mol. The molecule has 0 heterocycles. The first kappa shape index (κ1) is 12.9. The van der Waals surface area contributed by atoms with Crippen molar-refractivity contribution in [3.05, 3.63) is 0 Å². The Morgan fingerprint density at radius 2 is 2.00 bits per heavy atom. The second-order valence-corrected chi connectivity index (χ2v) is 3.57. The number of carbonyl (C=O) groups is 2. The quantitative estimate of drug-likeness (QED) is 0.637. The van der Waals surface area contributed by atoms with Crippen LogP contribution in [0.4, 0.5) is 0 Å². The molecule has 82 valence electrons. The number of carbonyl (C=O) groups excluding carboxylic acids is 2. The third-order valence-corrected chi connectivity index (χ3v) is 1.55. The van der Waals surface area contributed by atoms with Gasteiger partial charge in [0.15, 0.2) is 0 Å². The Morgan fingerprint density at radius 3 is 2.36 bits per heavy atom. The van der Waals surface area contributed by atoms with Gasteiger partial charge in [-0.15, -0.1) is 0 Å². The van der Waals surface area contributed by atoms with Crippen LogP contribution in [0.3, 0.4) is 0 Å². The summed E-state index contributed by atoms with van der Waals surface area (Å²) in [7, 11) is 1.44. The fourth-order valence-corrected chi connectivity index (χ4v) is 1.10. The number of methoxy groups -OCH3 is 1. The fourth-order valence-electron chi connectivity index (χ4n) is 1.10. The molecule has 0 aliphatic carbocycles. The Kier molecular flexibility index (Phi) is 5.87. The number of primary amides is 1. The van der Waals surface area contributed by atoms with Gasteiger partial charge < -0.3 is 15.4 Å². The van der Waals surface area contributed by atoms with Crippen LogP contribution in [0.1, 0.15) is 13.8 Å². The smallest absolute Gasteiger partial charge is 0.249 e. The first-order valence-corrected chi connectivity index (χ1v) is 4.52. The number of hydrogen-bond donors (Lipinski definition) is 1. The molecule has 0 aliphatic heterocycles. The second kappa shape index (κ2) is 6.37. The lowest BCUT2D eigenvalue weighted by Gasteiger charge is -2.22. The summed E-state index contributed by atoms with van der Waals surface area (Å²) in [5.41, 5.74) is 5.03.